The van der Waals surface area contributed by atoms with Crippen molar-refractivity contribution >= 4 is 11.9 Å². The van der Waals surface area contributed by atoms with Crippen LogP contribution in [0.25, 0.3) is 0 Å². The summed E-state index contributed by atoms with van der Waals surface area (Å²) in [7, 11) is 0. The molecule has 1 aliphatic rings. The summed E-state index contributed by atoms with van der Waals surface area (Å²) in [5.74, 6) is -0.344. The summed E-state index contributed by atoms with van der Waals surface area (Å²) < 4.78 is 0. The van der Waals surface area contributed by atoms with E-state index in [2.05, 4.69) is 28.8 Å². The van der Waals surface area contributed by atoms with E-state index in [1.54, 1.807) is 0 Å². The van der Waals surface area contributed by atoms with Gasteiger partial charge in [-0.25, -0.2) is 4.79 Å². The minimum atomic E-state index is -0.344. The second-order valence-corrected chi connectivity index (χ2v) is 5.57. The molecule has 1 aromatic carbocycles. The number of rotatable bonds is 6. The van der Waals surface area contributed by atoms with Crippen LogP contribution in [0.3, 0.4) is 0 Å². The molecular weight excluding hydrogens is 266 g/mol. The first-order valence-corrected chi connectivity index (χ1v) is 7.50. The first-order valence-electron chi connectivity index (χ1n) is 7.50. The molecule has 0 saturated heterocycles. The maximum absolute atomic E-state index is 11.8. The first-order chi connectivity index (χ1) is 10.1. The second-order valence-electron chi connectivity index (χ2n) is 5.57. The smallest absolute Gasteiger partial charge is 0.315 e. The quantitative estimate of drug-likeness (QED) is 0.698. The highest BCUT2D eigenvalue weighted by molar-refractivity contribution is 5.75. The maximum atomic E-state index is 11.8. The van der Waals surface area contributed by atoms with Crippen molar-refractivity contribution in [3.05, 3.63) is 34.9 Å². The third-order valence-corrected chi connectivity index (χ3v) is 3.86. The minimum absolute atomic E-state index is 0.0351. The van der Waals surface area contributed by atoms with Gasteiger partial charge >= 0.3 is 6.03 Å². The Balaban J connectivity index is 1.79. The summed E-state index contributed by atoms with van der Waals surface area (Å²) in [6.07, 6.45) is 4.38. The van der Waals surface area contributed by atoms with Gasteiger partial charge < -0.3 is 16.4 Å². The number of hydrogen-bond donors (Lipinski definition) is 3. The van der Waals surface area contributed by atoms with Crippen LogP contribution in [0.15, 0.2) is 18.2 Å². The molecule has 1 aromatic rings. The molecule has 0 heterocycles. The molecule has 21 heavy (non-hydrogen) atoms. The molecule has 1 aliphatic carbocycles. The van der Waals surface area contributed by atoms with Crippen LogP contribution in [0, 0.1) is 0 Å². The number of primary amides is 1. The van der Waals surface area contributed by atoms with Gasteiger partial charge in [0.25, 0.3) is 0 Å². The number of amides is 3. The van der Waals surface area contributed by atoms with Crippen LogP contribution < -0.4 is 16.4 Å². The Hall–Kier alpha value is -2.04. The molecular formula is C16H23N3O2. The molecule has 0 unspecified atom stereocenters. The number of fused-ring (bicyclic) bond motifs is 1. The van der Waals surface area contributed by atoms with Crippen LogP contribution in [0.4, 0.5) is 4.79 Å². The molecule has 0 radical (unpaired) electrons. The Labute approximate surface area is 125 Å². The Morgan fingerprint density at radius 3 is 2.81 bits per heavy atom. The van der Waals surface area contributed by atoms with Gasteiger partial charge in [0.05, 0.1) is 6.04 Å². The Bertz CT molecular complexity index is 528. The van der Waals surface area contributed by atoms with Gasteiger partial charge in [-0.3, -0.25) is 4.79 Å². The van der Waals surface area contributed by atoms with Gasteiger partial charge in [0.15, 0.2) is 0 Å². The molecule has 2 rings (SSSR count). The van der Waals surface area contributed by atoms with E-state index in [-0.39, 0.29) is 18.0 Å². The number of hydrogen-bond acceptors (Lipinski definition) is 2. The lowest BCUT2D eigenvalue weighted by Crippen LogP contribution is -2.37. The van der Waals surface area contributed by atoms with Crippen molar-refractivity contribution < 1.29 is 9.59 Å². The van der Waals surface area contributed by atoms with E-state index < -0.39 is 0 Å². The minimum Gasteiger partial charge on any atom is -0.370 e. The summed E-state index contributed by atoms with van der Waals surface area (Å²) in [6.45, 7) is 2.42. The van der Waals surface area contributed by atoms with Gasteiger partial charge in [-0.1, -0.05) is 18.2 Å². The molecule has 4 N–H and O–H groups in total. The van der Waals surface area contributed by atoms with Crippen LogP contribution >= 0.6 is 0 Å². The van der Waals surface area contributed by atoms with Gasteiger partial charge in [0.1, 0.15) is 0 Å². The van der Waals surface area contributed by atoms with Crippen LogP contribution in [0.5, 0.6) is 0 Å². The van der Waals surface area contributed by atoms with E-state index in [1.165, 1.54) is 17.5 Å². The van der Waals surface area contributed by atoms with E-state index in [4.69, 9.17) is 5.73 Å². The molecule has 0 spiro atoms. The van der Waals surface area contributed by atoms with E-state index in [0.29, 0.717) is 19.4 Å². The number of carbonyl (C=O) groups is 2. The lowest BCUT2D eigenvalue weighted by molar-refractivity contribution is -0.118. The molecule has 0 aromatic heterocycles. The van der Waals surface area contributed by atoms with E-state index >= 15 is 0 Å². The highest BCUT2D eigenvalue weighted by Gasteiger charge is 2.14. The average molecular weight is 289 g/mol. The molecule has 5 heteroatoms. The molecule has 0 fully saturated rings. The maximum Gasteiger partial charge on any atom is 0.315 e. The third-order valence-electron chi connectivity index (χ3n) is 3.86. The van der Waals surface area contributed by atoms with Gasteiger partial charge in [-0.2, -0.15) is 0 Å². The van der Waals surface area contributed by atoms with Gasteiger partial charge in [0, 0.05) is 13.0 Å². The van der Waals surface area contributed by atoms with Gasteiger partial charge in [-0.05, 0) is 49.3 Å². The number of aryl methyl sites for hydroxylation is 2. The van der Waals surface area contributed by atoms with Gasteiger partial charge in [-0.15, -0.1) is 0 Å². The molecule has 0 aliphatic heterocycles. The average Bonchev–Trinajstić information content (AvgIpc) is 2.90. The fraction of sp³-hybridized carbons (Fsp3) is 0.500. The van der Waals surface area contributed by atoms with Crippen molar-refractivity contribution in [3.8, 4) is 0 Å². The Morgan fingerprint density at radius 2 is 2.05 bits per heavy atom. The lowest BCUT2D eigenvalue weighted by Gasteiger charge is -2.16. The lowest BCUT2D eigenvalue weighted by atomic mass is 10.0. The molecule has 0 bridgehead atoms. The largest absolute Gasteiger partial charge is 0.370 e. The summed E-state index contributed by atoms with van der Waals surface area (Å²) in [6, 6.07) is 6.20. The number of nitrogens with one attached hydrogen (secondary N) is 2. The molecule has 5 nitrogen and oxygen atoms in total. The topological polar surface area (TPSA) is 84.2 Å². The number of nitrogens with two attached hydrogens (primary N) is 1. The fourth-order valence-electron chi connectivity index (χ4n) is 2.66. The van der Waals surface area contributed by atoms with E-state index in [0.717, 1.165) is 18.4 Å². The van der Waals surface area contributed by atoms with Crippen LogP contribution in [-0.2, 0) is 17.6 Å². The van der Waals surface area contributed by atoms with Crippen molar-refractivity contribution in [2.45, 2.75) is 45.1 Å². The molecule has 1 atom stereocenters. The molecule has 3 amide bonds. The van der Waals surface area contributed by atoms with Crippen molar-refractivity contribution in [2.75, 3.05) is 6.54 Å². The third kappa shape index (κ3) is 4.48. The summed E-state index contributed by atoms with van der Waals surface area (Å²) in [5.41, 5.74) is 9.01. The second kappa shape index (κ2) is 7.11. The van der Waals surface area contributed by atoms with Gasteiger partial charge in [0.2, 0.25) is 5.91 Å². The predicted octanol–water partition coefficient (Wildman–Crippen LogP) is 1.80. The van der Waals surface area contributed by atoms with Crippen LogP contribution in [0.1, 0.15) is 48.9 Å². The zero-order valence-corrected chi connectivity index (χ0v) is 12.4. The summed E-state index contributed by atoms with van der Waals surface area (Å²) >= 11 is 0. The number of urea groups is 1. The normalized spacial score (nSPS) is 14.3. The van der Waals surface area contributed by atoms with E-state index in [9.17, 15) is 9.59 Å². The van der Waals surface area contributed by atoms with Crippen molar-refractivity contribution in [3.63, 3.8) is 0 Å². The van der Waals surface area contributed by atoms with Crippen molar-refractivity contribution in [1.29, 1.82) is 0 Å². The highest BCUT2D eigenvalue weighted by atomic mass is 16.2. The molecule has 0 saturated carbocycles. The monoisotopic (exact) mass is 289 g/mol. The zero-order chi connectivity index (χ0) is 15.2. The summed E-state index contributed by atoms with van der Waals surface area (Å²) in [5, 5.41) is 5.64. The summed E-state index contributed by atoms with van der Waals surface area (Å²) in [4.78, 5) is 22.4. The first kappa shape index (κ1) is 15.4. The predicted molar refractivity (Wildman–Crippen MR) is 81.8 cm³/mol. The highest BCUT2D eigenvalue weighted by Crippen LogP contribution is 2.25. The van der Waals surface area contributed by atoms with Crippen LogP contribution in [0.2, 0.25) is 0 Å². The zero-order valence-electron chi connectivity index (χ0n) is 12.4. The van der Waals surface area contributed by atoms with Crippen molar-refractivity contribution in [2.24, 2.45) is 5.73 Å². The van der Waals surface area contributed by atoms with Crippen LogP contribution in [-0.4, -0.2) is 18.5 Å². The molecule has 114 valence electrons. The standard InChI is InChI=1S/C16H23N3O2/c1-11(19-16(21)18-9-3-6-15(17)20)13-8-7-12-4-2-5-14(12)10-13/h7-8,10-11H,2-6,9H2,1H3,(H2,17,20)(H2,18,19,21)/t11-/m1/s1. The Kier molecular flexibility index (Phi) is 5.20. The van der Waals surface area contributed by atoms with Crippen molar-refractivity contribution in [1.82, 2.24) is 10.6 Å². The van der Waals surface area contributed by atoms with E-state index in [1.807, 2.05) is 6.92 Å². The Morgan fingerprint density at radius 1 is 1.29 bits per heavy atom. The fourth-order valence-corrected chi connectivity index (χ4v) is 2.66. The number of carbonyl (C=O) groups excluding carboxylic acids is 2. The number of benzene rings is 1. The SMILES string of the molecule is C[C@@H](NC(=O)NCCCC(N)=O)c1ccc2c(c1)CCC2.